The average Bonchev–Trinajstić information content (AvgIpc) is 2.79. The number of likely N-dealkylation sites (tertiary alicyclic amines) is 1. The summed E-state index contributed by atoms with van der Waals surface area (Å²) in [5.74, 6) is -1.16. The molecule has 98 valence electrons. The molecular weight excluding hydrogens is 281 g/mol. The Morgan fingerprint density at radius 1 is 1.28 bits per heavy atom. The molecule has 0 atom stereocenters. The maximum absolute atomic E-state index is 13.2. The highest BCUT2D eigenvalue weighted by atomic mass is 35.7. The topological polar surface area (TPSA) is 54.5 Å². The number of halogens is 2. The quantitative estimate of drug-likeness (QED) is 0.783. The maximum Gasteiger partial charge on any atom is 0.262 e. The highest BCUT2D eigenvalue weighted by Crippen LogP contribution is 2.23. The molecule has 0 aliphatic carbocycles. The summed E-state index contributed by atoms with van der Waals surface area (Å²) < 4.78 is 35.9. The highest BCUT2D eigenvalue weighted by molar-refractivity contribution is 8.13. The number of amides is 1. The number of hydrogen-bond acceptors (Lipinski definition) is 3. The van der Waals surface area contributed by atoms with Gasteiger partial charge in [0.25, 0.3) is 15.0 Å². The molecule has 1 fully saturated rings. The van der Waals surface area contributed by atoms with E-state index in [4.69, 9.17) is 10.7 Å². The lowest BCUT2D eigenvalue weighted by Gasteiger charge is -2.16. The zero-order valence-corrected chi connectivity index (χ0v) is 11.0. The van der Waals surface area contributed by atoms with Crippen molar-refractivity contribution < 1.29 is 17.6 Å². The van der Waals surface area contributed by atoms with Gasteiger partial charge in [-0.2, -0.15) is 0 Å². The second-order valence-corrected chi connectivity index (χ2v) is 6.61. The van der Waals surface area contributed by atoms with Crippen molar-refractivity contribution >= 4 is 25.6 Å². The number of hydrogen-bond donors (Lipinski definition) is 0. The van der Waals surface area contributed by atoms with Crippen LogP contribution in [-0.4, -0.2) is 32.3 Å². The van der Waals surface area contributed by atoms with E-state index in [1.807, 2.05) is 0 Å². The predicted octanol–water partition coefficient (Wildman–Crippen LogP) is 1.99. The lowest BCUT2D eigenvalue weighted by Crippen LogP contribution is -2.28. The van der Waals surface area contributed by atoms with E-state index in [0.717, 1.165) is 31.0 Å². The van der Waals surface area contributed by atoms with Gasteiger partial charge < -0.3 is 4.90 Å². The van der Waals surface area contributed by atoms with Gasteiger partial charge in [-0.3, -0.25) is 4.79 Å². The Morgan fingerprint density at radius 2 is 1.89 bits per heavy atom. The summed E-state index contributed by atoms with van der Waals surface area (Å²) in [6.07, 6.45) is 1.73. The van der Waals surface area contributed by atoms with E-state index in [2.05, 4.69) is 0 Å². The standard InChI is InChI=1S/C11H11ClFNO3S/c12-18(16,17)10-4-3-8(13)7-9(10)11(15)14-5-1-2-6-14/h3-4,7H,1-2,5-6H2. The highest BCUT2D eigenvalue weighted by Gasteiger charge is 2.26. The molecule has 4 nitrogen and oxygen atoms in total. The van der Waals surface area contributed by atoms with E-state index >= 15 is 0 Å². The van der Waals surface area contributed by atoms with Crippen molar-refractivity contribution in [2.24, 2.45) is 0 Å². The largest absolute Gasteiger partial charge is 0.339 e. The van der Waals surface area contributed by atoms with Gasteiger partial charge in [0.1, 0.15) is 5.82 Å². The zero-order chi connectivity index (χ0) is 13.3. The van der Waals surface area contributed by atoms with Gasteiger partial charge in [-0.25, -0.2) is 12.8 Å². The van der Waals surface area contributed by atoms with Crippen LogP contribution in [0.1, 0.15) is 23.2 Å². The van der Waals surface area contributed by atoms with Crippen molar-refractivity contribution in [1.82, 2.24) is 4.90 Å². The van der Waals surface area contributed by atoms with E-state index in [0.29, 0.717) is 13.1 Å². The molecule has 0 spiro atoms. The molecule has 1 aliphatic heterocycles. The van der Waals surface area contributed by atoms with Crippen LogP contribution in [0, 0.1) is 5.82 Å². The molecule has 0 radical (unpaired) electrons. The first-order valence-corrected chi connectivity index (χ1v) is 7.74. The SMILES string of the molecule is O=C(c1cc(F)ccc1S(=O)(=O)Cl)N1CCCC1. The average molecular weight is 292 g/mol. The van der Waals surface area contributed by atoms with Gasteiger partial charge >= 0.3 is 0 Å². The number of carbonyl (C=O) groups is 1. The molecule has 7 heteroatoms. The molecule has 18 heavy (non-hydrogen) atoms. The Bertz CT molecular complexity index is 582. The van der Waals surface area contributed by atoms with Crippen molar-refractivity contribution in [2.75, 3.05) is 13.1 Å². The van der Waals surface area contributed by atoms with E-state index in [1.165, 1.54) is 4.90 Å². The summed E-state index contributed by atoms with van der Waals surface area (Å²) in [6, 6.07) is 2.90. The van der Waals surface area contributed by atoms with Crippen LogP contribution in [-0.2, 0) is 9.05 Å². The van der Waals surface area contributed by atoms with E-state index in [1.54, 1.807) is 0 Å². The van der Waals surface area contributed by atoms with Crippen molar-refractivity contribution in [3.8, 4) is 0 Å². The summed E-state index contributed by atoms with van der Waals surface area (Å²) in [6.45, 7) is 1.11. The molecule has 2 rings (SSSR count). The molecule has 1 saturated heterocycles. The van der Waals surface area contributed by atoms with Crippen LogP contribution in [0.15, 0.2) is 23.1 Å². The molecule has 0 unspecified atom stereocenters. The number of carbonyl (C=O) groups excluding carboxylic acids is 1. The van der Waals surface area contributed by atoms with Crippen molar-refractivity contribution in [3.05, 3.63) is 29.6 Å². The van der Waals surface area contributed by atoms with Crippen LogP contribution in [0.3, 0.4) is 0 Å². The Labute approximate surface area is 109 Å². The molecule has 1 amide bonds. The fraction of sp³-hybridized carbons (Fsp3) is 0.364. The Hall–Kier alpha value is -1.14. The van der Waals surface area contributed by atoms with Gasteiger partial charge in [0, 0.05) is 23.8 Å². The smallest absolute Gasteiger partial charge is 0.262 e. The Morgan fingerprint density at radius 3 is 2.44 bits per heavy atom. The summed E-state index contributed by atoms with van der Waals surface area (Å²) in [5.41, 5.74) is -0.202. The van der Waals surface area contributed by atoms with E-state index in [-0.39, 0.29) is 10.5 Å². The molecule has 0 aromatic heterocycles. The van der Waals surface area contributed by atoms with Crippen LogP contribution in [0.5, 0.6) is 0 Å². The molecule has 0 N–H and O–H groups in total. The first kappa shape index (κ1) is 13.3. The minimum absolute atomic E-state index is 0.202. The fourth-order valence-corrected chi connectivity index (χ4v) is 3.02. The lowest BCUT2D eigenvalue weighted by molar-refractivity contribution is 0.0788. The molecular formula is C11H11ClFNO3S. The predicted molar refractivity (Wildman–Crippen MR) is 64.6 cm³/mol. The monoisotopic (exact) mass is 291 g/mol. The third-order valence-corrected chi connectivity index (χ3v) is 4.21. The zero-order valence-electron chi connectivity index (χ0n) is 9.40. The Kier molecular flexibility index (Phi) is 3.59. The van der Waals surface area contributed by atoms with E-state index < -0.39 is 20.8 Å². The minimum atomic E-state index is -4.07. The third-order valence-electron chi connectivity index (χ3n) is 2.83. The number of benzene rings is 1. The lowest BCUT2D eigenvalue weighted by atomic mass is 10.2. The molecule has 0 bridgehead atoms. The number of rotatable bonds is 2. The first-order chi connectivity index (χ1) is 8.39. The summed E-state index contributed by atoms with van der Waals surface area (Å²) >= 11 is 0. The minimum Gasteiger partial charge on any atom is -0.339 e. The van der Waals surface area contributed by atoms with Crippen molar-refractivity contribution in [2.45, 2.75) is 17.7 Å². The Balaban J connectivity index is 2.48. The van der Waals surface area contributed by atoms with Gasteiger partial charge in [-0.05, 0) is 31.0 Å². The van der Waals surface area contributed by atoms with Gasteiger partial charge in [0.2, 0.25) is 0 Å². The molecule has 1 heterocycles. The van der Waals surface area contributed by atoms with Crippen LogP contribution in [0.4, 0.5) is 4.39 Å². The first-order valence-electron chi connectivity index (χ1n) is 5.43. The third kappa shape index (κ3) is 2.64. The maximum atomic E-state index is 13.2. The van der Waals surface area contributed by atoms with Gasteiger partial charge in [-0.15, -0.1) is 0 Å². The second kappa shape index (κ2) is 4.85. The fourth-order valence-electron chi connectivity index (χ4n) is 1.97. The summed E-state index contributed by atoms with van der Waals surface area (Å²) in [5, 5.41) is 0. The molecule has 1 aromatic rings. The van der Waals surface area contributed by atoms with E-state index in [9.17, 15) is 17.6 Å². The van der Waals surface area contributed by atoms with Crippen LogP contribution < -0.4 is 0 Å². The van der Waals surface area contributed by atoms with Crippen molar-refractivity contribution in [1.29, 1.82) is 0 Å². The normalized spacial score (nSPS) is 16.0. The van der Waals surface area contributed by atoms with Gasteiger partial charge in [0.15, 0.2) is 0 Å². The second-order valence-electron chi connectivity index (χ2n) is 4.08. The molecule has 0 saturated carbocycles. The summed E-state index contributed by atoms with van der Waals surface area (Å²) in [4.78, 5) is 13.3. The molecule has 1 aromatic carbocycles. The van der Waals surface area contributed by atoms with Crippen LogP contribution in [0.2, 0.25) is 0 Å². The summed E-state index contributed by atoms with van der Waals surface area (Å²) in [7, 11) is 1.18. The van der Waals surface area contributed by atoms with Crippen LogP contribution in [0.25, 0.3) is 0 Å². The van der Waals surface area contributed by atoms with Gasteiger partial charge in [-0.1, -0.05) is 0 Å². The number of nitrogens with zero attached hydrogens (tertiary/aromatic N) is 1. The molecule has 1 aliphatic rings. The van der Waals surface area contributed by atoms with Crippen molar-refractivity contribution in [3.63, 3.8) is 0 Å². The van der Waals surface area contributed by atoms with Crippen LogP contribution >= 0.6 is 10.7 Å². The van der Waals surface area contributed by atoms with Gasteiger partial charge in [0.05, 0.1) is 10.5 Å².